The average molecular weight is 296 g/mol. The highest BCUT2D eigenvalue weighted by molar-refractivity contribution is 6.03. The molecule has 1 aromatic carbocycles. The Balaban J connectivity index is 1.76. The Morgan fingerprint density at radius 3 is 2.82 bits per heavy atom. The van der Waals surface area contributed by atoms with E-state index in [4.69, 9.17) is 0 Å². The van der Waals surface area contributed by atoms with Crippen LogP contribution in [0.15, 0.2) is 36.7 Å². The fourth-order valence-corrected chi connectivity index (χ4v) is 2.38. The highest BCUT2D eigenvalue weighted by Gasteiger charge is 2.21. The molecule has 1 aliphatic heterocycles. The van der Waals surface area contributed by atoms with E-state index in [-0.39, 0.29) is 17.5 Å². The van der Waals surface area contributed by atoms with Gasteiger partial charge in [-0.1, -0.05) is 6.07 Å². The molecule has 0 aliphatic carbocycles. The lowest BCUT2D eigenvalue weighted by Crippen LogP contribution is -2.23. The number of nitrogens with one attached hydrogen (secondary N) is 1. The van der Waals surface area contributed by atoms with Crippen LogP contribution < -0.4 is 10.2 Å². The summed E-state index contributed by atoms with van der Waals surface area (Å²) in [7, 11) is 0. The van der Waals surface area contributed by atoms with Crippen molar-refractivity contribution in [2.24, 2.45) is 0 Å². The van der Waals surface area contributed by atoms with Crippen molar-refractivity contribution in [2.75, 3.05) is 16.8 Å². The van der Waals surface area contributed by atoms with E-state index in [1.165, 1.54) is 6.20 Å². The fourth-order valence-electron chi connectivity index (χ4n) is 2.38. The molecule has 6 heteroatoms. The lowest BCUT2D eigenvalue weighted by molar-refractivity contribution is -0.117. The second kappa shape index (κ2) is 5.93. The summed E-state index contributed by atoms with van der Waals surface area (Å²) in [5.74, 6) is -0.203. The van der Waals surface area contributed by atoms with Crippen molar-refractivity contribution in [3.05, 3.63) is 48.0 Å². The Hall–Kier alpha value is -2.76. The molecule has 6 nitrogen and oxygen atoms in total. The minimum Gasteiger partial charge on any atom is -0.321 e. The van der Waals surface area contributed by atoms with E-state index in [9.17, 15) is 9.59 Å². The van der Waals surface area contributed by atoms with Gasteiger partial charge < -0.3 is 10.2 Å². The van der Waals surface area contributed by atoms with Gasteiger partial charge in [-0.2, -0.15) is 0 Å². The third-order valence-electron chi connectivity index (χ3n) is 3.50. The van der Waals surface area contributed by atoms with Crippen molar-refractivity contribution >= 4 is 23.2 Å². The SMILES string of the molecule is Cc1cnc(C(=O)Nc2cccc(N3CCCC3=O)c2)cn1. The maximum Gasteiger partial charge on any atom is 0.275 e. The van der Waals surface area contributed by atoms with E-state index in [1.807, 2.05) is 19.1 Å². The summed E-state index contributed by atoms with van der Waals surface area (Å²) < 4.78 is 0. The van der Waals surface area contributed by atoms with Crippen LogP contribution in [0.4, 0.5) is 11.4 Å². The molecule has 1 aliphatic rings. The number of hydrogen-bond donors (Lipinski definition) is 1. The van der Waals surface area contributed by atoms with Crippen molar-refractivity contribution in [3.63, 3.8) is 0 Å². The first-order valence-electron chi connectivity index (χ1n) is 7.14. The van der Waals surface area contributed by atoms with Crippen LogP contribution >= 0.6 is 0 Å². The van der Waals surface area contributed by atoms with Crippen LogP contribution in [0.3, 0.4) is 0 Å². The Morgan fingerprint density at radius 1 is 1.27 bits per heavy atom. The predicted molar refractivity (Wildman–Crippen MR) is 82.8 cm³/mol. The van der Waals surface area contributed by atoms with Crippen LogP contribution in [-0.4, -0.2) is 28.3 Å². The molecule has 0 unspecified atom stereocenters. The van der Waals surface area contributed by atoms with Gasteiger partial charge in [-0.3, -0.25) is 14.6 Å². The summed E-state index contributed by atoms with van der Waals surface area (Å²) >= 11 is 0. The summed E-state index contributed by atoms with van der Waals surface area (Å²) in [4.78, 5) is 33.8. The van der Waals surface area contributed by atoms with Gasteiger partial charge in [-0.25, -0.2) is 4.98 Å². The Labute approximate surface area is 128 Å². The number of anilines is 2. The molecule has 3 rings (SSSR count). The third kappa shape index (κ3) is 2.95. The van der Waals surface area contributed by atoms with Gasteiger partial charge in [0.1, 0.15) is 5.69 Å². The summed E-state index contributed by atoms with van der Waals surface area (Å²) in [6, 6.07) is 7.26. The smallest absolute Gasteiger partial charge is 0.275 e. The second-order valence-electron chi connectivity index (χ2n) is 5.20. The zero-order valence-electron chi connectivity index (χ0n) is 12.2. The molecule has 0 bridgehead atoms. The van der Waals surface area contributed by atoms with E-state index in [2.05, 4.69) is 15.3 Å². The van der Waals surface area contributed by atoms with Crippen LogP contribution in [0.5, 0.6) is 0 Å². The van der Waals surface area contributed by atoms with Crippen LogP contribution in [0.2, 0.25) is 0 Å². The van der Waals surface area contributed by atoms with Crippen molar-refractivity contribution in [3.8, 4) is 0 Å². The molecule has 2 amide bonds. The van der Waals surface area contributed by atoms with Crippen molar-refractivity contribution in [2.45, 2.75) is 19.8 Å². The summed E-state index contributed by atoms with van der Waals surface area (Å²) in [5, 5.41) is 2.78. The van der Waals surface area contributed by atoms with Gasteiger partial charge in [0.15, 0.2) is 0 Å². The highest BCUT2D eigenvalue weighted by atomic mass is 16.2. The molecule has 2 aromatic rings. The molecular formula is C16H16N4O2. The molecule has 0 saturated carbocycles. The molecule has 0 radical (unpaired) electrons. The molecule has 0 spiro atoms. The van der Waals surface area contributed by atoms with E-state index in [0.29, 0.717) is 12.1 Å². The van der Waals surface area contributed by atoms with Crippen LogP contribution in [0.25, 0.3) is 0 Å². The molecular weight excluding hydrogens is 280 g/mol. The highest BCUT2D eigenvalue weighted by Crippen LogP contribution is 2.24. The normalized spacial score (nSPS) is 14.2. The molecule has 1 fully saturated rings. The zero-order chi connectivity index (χ0) is 15.5. The second-order valence-corrected chi connectivity index (χ2v) is 5.20. The summed E-state index contributed by atoms with van der Waals surface area (Å²) in [6.07, 6.45) is 4.44. The molecule has 1 saturated heterocycles. The summed E-state index contributed by atoms with van der Waals surface area (Å²) in [6.45, 7) is 2.53. The fraction of sp³-hybridized carbons (Fsp3) is 0.250. The number of nitrogens with zero attached hydrogens (tertiary/aromatic N) is 3. The molecule has 0 atom stereocenters. The van der Waals surface area contributed by atoms with E-state index in [0.717, 1.165) is 24.3 Å². The number of amides is 2. The van der Waals surface area contributed by atoms with Gasteiger partial charge in [0.2, 0.25) is 5.91 Å². The lowest BCUT2D eigenvalue weighted by atomic mass is 10.2. The maximum atomic E-state index is 12.1. The number of carbonyl (C=O) groups is 2. The first kappa shape index (κ1) is 14.2. The predicted octanol–water partition coefficient (Wildman–Crippen LogP) is 2.16. The molecule has 112 valence electrons. The minimum atomic E-state index is -0.322. The van der Waals surface area contributed by atoms with Crippen molar-refractivity contribution in [1.82, 2.24) is 9.97 Å². The van der Waals surface area contributed by atoms with Crippen LogP contribution in [0.1, 0.15) is 29.0 Å². The standard InChI is InChI=1S/C16H16N4O2/c1-11-9-18-14(10-17-11)16(22)19-12-4-2-5-13(8-12)20-7-3-6-15(20)21/h2,4-5,8-10H,3,6-7H2,1H3,(H,19,22). The number of carbonyl (C=O) groups excluding carboxylic acids is 2. The molecule has 1 aromatic heterocycles. The van der Waals surface area contributed by atoms with Crippen molar-refractivity contribution < 1.29 is 9.59 Å². The number of benzene rings is 1. The Kier molecular flexibility index (Phi) is 3.82. The summed E-state index contributed by atoms with van der Waals surface area (Å²) in [5.41, 5.74) is 2.44. The maximum absolute atomic E-state index is 12.1. The third-order valence-corrected chi connectivity index (χ3v) is 3.50. The van der Waals surface area contributed by atoms with Gasteiger partial charge in [0, 0.05) is 30.5 Å². The van der Waals surface area contributed by atoms with Gasteiger partial charge >= 0.3 is 0 Å². The van der Waals surface area contributed by atoms with E-state index >= 15 is 0 Å². The van der Waals surface area contributed by atoms with E-state index < -0.39 is 0 Å². The van der Waals surface area contributed by atoms with Gasteiger partial charge in [-0.05, 0) is 31.5 Å². The number of rotatable bonds is 3. The average Bonchev–Trinajstić information content (AvgIpc) is 2.94. The van der Waals surface area contributed by atoms with Gasteiger partial charge in [0.05, 0.1) is 11.9 Å². The first-order chi connectivity index (χ1) is 10.6. The van der Waals surface area contributed by atoms with Crippen LogP contribution in [0, 0.1) is 6.92 Å². The zero-order valence-corrected chi connectivity index (χ0v) is 12.2. The molecule has 22 heavy (non-hydrogen) atoms. The van der Waals surface area contributed by atoms with Gasteiger partial charge in [-0.15, -0.1) is 0 Å². The molecule has 1 N–H and O–H groups in total. The first-order valence-corrected chi connectivity index (χ1v) is 7.14. The number of aromatic nitrogens is 2. The minimum absolute atomic E-state index is 0.118. The van der Waals surface area contributed by atoms with Gasteiger partial charge in [0.25, 0.3) is 5.91 Å². The lowest BCUT2D eigenvalue weighted by Gasteiger charge is -2.16. The monoisotopic (exact) mass is 296 g/mol. The number of hydrogen-bond acceptors (Lipinski definition) is 4. The van der Waals surface area contributed by atoms with Crippen molar-refractivity contribution in [1.29, 1.82) is 0 Å². The molecule has 2 heterocycles. The number of aryl methyl sites for hydroxylation is 1. The van der Waals surface area contributed by atoms with E-state index in [1.54, 1.807) is 23.2 Å². The quantitative estimate of drug-likeness (QED) is 0.941. The largest absolute Gasteiger partial charge is 0.321 e. The topological polar surface area (TPSA) is 75.2 Å². The Morgan fingerprint density at radius 2 is 2.14 bits per heavy atom. The Bertz CT molecular complexity index is 712. The van der Waals surface area contributed by atoms with Crippen LogP contribution in [-0.2, 0) is 4.79 Å².